The molecule has 0 heterocycles. The molecular formula is C7H16O12S3. The van der Waals surface area contributed by atoms with Gasteiger partial charge in [0.1, 0.15) is 0 Å². The van der Waals surface area contributed by atoms with Gasteiger partial charge < -0.3 is 0 Å². The highest BCUT2D eigenvalue weighted by Gasteiger charge is 2.17. The Morgan fingerprint density at radius 3 is 2.05 bits per heavy atom. The second-order valence-corrected chi connectivity index (χ2v) is 6.36. The largest absolute Gasteiger partial charge is 0.397 e. The van der Waals surface area contributed by atoms with Crippen LogP contribution in [0.25, 0.3) is 0 Å². The van der Waals surface area contributed by atoms with E-state index in [-0.39, 0.29) is 32.5 Å². The molecule has 134 valence electrons. The van der Waals surface area contributed by atoms with Gasteiger partial charge in [-0.2, -0.15) is 16.8 Å². The third kappa shape index (κ3) is 16.3. The molecule has 0 bridgehead atoms. The Morgan fingerprint density at radius 2 is 1.55 bits per heavy atom. The Kier molecular flexibility index (Phi) is 11.4. The summed E-state index contributed by atoms with van der Waals surface area (Å²) in [5.74, 6) is 0. The maximum Gasteiger partial charge on any atom is 0.397 e. The van der Waals surface area contributed by atoms with Crippen molar-refractivity contribution in [3.05, 3.63) is 0 Å². The van der Waals surface area contributed by atoms with E-state index >= 15 is 0 Å². The van der Waals surface area contributed by atoms with Crippen LogP contribution in [0.15, 0.2) is 0 Å². The first kappa shape index (κ1) is 21.9. The van der Waals surface area contributed by atoms with Crippen molar-refractivity contribution in [1.29, 1.82) is 0 Å². The number of hydrogen-bond acceptors (Lipinski definition) is 11. The molecule has 0 radical (unpaired) electrons. The summed E-state index contributed by atoms with van der Waals surface area (Å²) in [4.78, 5) is 0. The lowest BCUT2D eigenvalue weighted by Crippen LogP contribution is -2.19. The first-order valence-electron chi connectivity index (χ1n) is 5.68. The molecule has 0 spiro atoms. The molecule has 3 N–H and O–H groups in total. The van der Waals surface area contributed by atoms with E-state index in [0.29, 0.717) is 18.7 Å². The van der Waals surface area contributed by atoms with Crippen molar-refractivity contribution < 1.29 is 53.1 Å². The Hall–Kier alpha value is -0.0700. The lowest BCUT2D eigenvalue weighted by Gasteiger charge is -2.14. The summed E-state index contributed by atoms with van der Waals surface area (Å²) in [6.07, 6.45) is -0.410. The highest BCUT2D eigenvalue weighted by Crippen LogP contribution is 2.14. The molecule has 0 aliphatic heterocycles. The van der Waals surface area contributed by atoms with E-state index in [9.17, 15) is 16.8 Å². The predicted octanol–water partition coefficient (Wildman–Crippen LogP) is 0.555. The average Bonchev–Trinajstić information content (AvgIpc) is 2.35. The Bertz CT molecular complexity index is 473. The van der Waals surface area contributed by atoms with E-state index in [1.165, 1.54) is 0 Å². The van der Waals surface area contributed by atoms with Gasteiger partial charge in [0.25, 0.3) is 0 Å². The molecule has 1 unspecified atom stereocenters. The summed E-state index contributed by atoms with van der Waals surface area (Å²) in [6.45, 7) is -0.293. The summed E-state index contributed by atoms with van der Waals surface area (Å²) < 4.78 is 76.0. The summed E-state index contributed by atoms with van der Waals surface area (Å²) >= 11 is 0.347. The fraction of sp³-hybridized carbons (Fsp3) is 1.00. The van der Waals surface area contributed by atoms with Gasteiger partial charge in [-0.3, -0.25) is 13.3 Å². The van der Waals surface area contributed by atoms with Crippen LogP contribution in [0.2, 0.25) is 0 Å². The molecule has 0 saturated carbocycles. The molecule has 0 aromatic carbocycles. The summed E-state index contributed by atoms with van der Waals surface area (Å²) in [7, 11) is -9.24. The standard InChI is InChI=1S/C7H16O12S3/c8-18-19-20-15-5-1-3-7(17-22(12,13)14)4-2-6-16-21(9,10)11/h7-8H,1-6H2,(H,9,10,11)(H,12,13,14). The first-order chi connectivity index (χ1) is 10.1. The number of rotatable bonds is 14. The monoisotopic (exact) mass is 388 g/mol. The predicted molar refractivity (Wildman–Crippen MR) is 70.7 cm³/mol. The molecule has 12 nitrogen and oxygen atoms in total. The van der Waals surface area contributed by atoms with Gasteiger partial charge in [0, 0.05) is 0 Å². The van der Waals surface area contributed by atoms with E-state index in [4.69, 9.17) is 18.5 Å². The summed E-state index contributed by atoms with van der Waals surface area (Å²) in [6, 6.07) is 0. The van der Waals surface area contributed by atoms with Crippen LogP contribution in [0.1, 0.15) is 25.7 Å². The SMILES string of the molecule is O=S(=O)(O)OCCCC(CCCOSOOO)OS(=O)(=O)O. The lowest BCUT2D eigenvalue weighted by atomic mass is 10.1. The second-order valence-electron chi connectivity index (χ2n) is 3.71. The summed E-state index contributed by atoms with van der Waals surface area (Å²) in [5, 5.41) is 11.1. The van der Waals surface area contributed by atoms with Crippen molar-refractivity contribution in [2.45, 2.75) is 31.8 Å². The maximum absolute atomic E-state index is 10.7. The third-order valence-electron chi connectivity index (χ3n) is 2.02. The van der Waals surface area contributed by atoms with Crippen molar-refractivity contribution in [2.24, 2.45) is 0 Å². The van der Waals surface area contributed by atoms with Crippen LogP contribution in [-0.4, -0.2) is 50.5 Å². The lowest BCUT2D eigenvalue weighted by molar-refractivity contribution is -0.434. The Balaban J connectivity index is 4.05. The van der Waals surface area contributed by atoms with Crippen LogP contribution in [0.5, 0.6) is 0 Å². The van der Waals surface area contributed by atoms with Gasteiger partial charge in [-0.25, -0.2) is 13.6 Å². The normalized spacial score (nSPS) is 14.1. The van der Waals surface area contributed by atoms with Crippen LogP contribution in [0, 0.1) is 0 Å². The highest BCUT2D eigenvalue weighted by molar-refractivity contribution is 7.89. The van der Waals surface area contributed by atoms with Crippen molar-refractivity contribution in [3.8, 4) is 0 Å². The van der Waals surface area contributed by atoms with Gasteiger partial charge in [0.15, 0.2) is 12.3 Å². The quantitative estimate of drug-likeness (QED) is 0.124. The van der Waals surface area contributed by atoms with Crippen LogP contribution >= 0.6 is 12.3 Å². The average molecular weight is 388 g/mol. The van der Waals surface area contributed by atoms with Gasteiger partial charge >= 0.3 is 20.8 Å². The minimum Gasteiger partial charge on any atom is -0.289 e. The zero-order valence-electron chi connectivity index (χ0n) is 11.1. The fourth-order valence-corrected chi connectivity index (χ4v) is 2.44. The van der Waals surface area contributed by atoms with Crippen molar-refractivity contribution in [3.63, 3.8) is 0 Å². The third-order valence-corrected chi connectivity index (χ3v) is 3.38. The molecule has 0 rings (SSSR count). The van der Waals surface area contributed by atoms with Crippen LogP contribution in [0.3, 0.4) is 0 Å². The minimum atomic E-state index is -4.67. The van der Waals surface area contributed by atoms with Gasteiger partial charge in [0.2, 0.25) is 0 Å². The molecule has 0 amide bonds. The van der Waals surface area contributed by atoms with E-state index in [1.807, 2.05) is 0 Å². The Labute approximate surface area is 131 Å². The van der Waals surface area contributed by atoms with E-state index in [0.717, 1.165) is 0 Å². The molecule has 0 aliphatic rings. The van der Waals surface area contributed by atoms with Gasteiger partial charge in [-0.15, -0.1) is 4.33 Å². The van der Waals surface area contributed by atoms with E-state index in [2.05, 4.69) is 17.7 Å². The van der Waals surface area contributed by atoms with Crippen LogP contribution in [-0.2, 0) is 42.7 Å². The molecule has 0 saturated heterocycles. The first-order valence-corrected chi connectivity index (χ1v) is 9.07. The molecule has 0 aromatic heterocycles. The topological polar surface area (TPSA) is 175 Å². The van der Waals surface area contributed by atoms with Crippen molar-refractivity contribution in [1.82, 2.24) is 0 Å². The zero-order valence-corrected chi connectivity index (χ0v) is 13.5. The van der Waals surface area contributed by atoms with Gasteiger partial charge in [-0.1, -0.05) is 5.04 Å². The molecule has 15 heteroatoms. The smallest absolute Gasteiger partial charge is 0.289 e. The molecule has 0 aromatic rings. The van der Waals surface area contributed by atoms with Gasteiger partial charge in [0.05, 0.1) is 19.3 Å². The van der Waals surface area contributed by atoms with E-state index < -0.39 is 26.9 Å². The fourth-order valence-electron chi connectivity index (χ4n) is 1.32. The van der Waals surface area contributed by atoms with E-state index in [1.54, 1.807) is 0 Å². The van der Waals surface area contributed by atoms with Crippen molar-refractivity contribution in [2.75, 3.05) is 13.2 Å². The Morgan fingerprint density at radius 1 is 0.955 bits per heavy atom. The van der Waals surface area contributed by atoms with Crippen LogP contribution in [0.4, 0.5) is 0 Å². The molecule has 1 atom stereocenters. The molecule has 0 fully saturated rings. The summed E-state index contributed by atoms with van der Waals surface area (Å²) in [5.41, 5.74) is 0. The second kappa shape index (κ2) is 11.5. The molecular weight excluding hydrogens is 372 g/mol. The zero-order chi connectivity index (χ0) is 17.1. The van der Waals surface area contributed by atoms with Crippen LogP contribution < -0.4 is 0 Å². The number of hydrogen-bond donors (Lipinski definition) is 3. The highest BCUT2D eigenvalue weighted by atomic mass is 32.3. The molecule has 22 heavy (non-hydrogen) atoms. The molecule has 0 aliphatic carbocycles. The minimum absolute atomic E-state index is 0.0404. The maximum atomic E-state index is 10.7. The van der Waals surface area contributed by atoms with Gasteiger partial charge in [-0.05, 0) is 25.7 Å². The van der Waals surface area contributed by atoms with Crippen molar-refractivity contribution >= 4 is 33.1 Å².